The maximum atomic E-state index is 12.3. The zero-order valence-corrected chi connectivity index (χ0v) is 15.6. The van der Waals surface area contributed by atoms with E-state index in [4.69, 9.17) is 4.74 Å². The predicted molar refractivity (Wildman–Crippen MR) is 90.1 cm³/mol. The van der Waals surface area contributed by atoms with E-state index in [2.05, 4.69) is 21.2 Å². The van der Waals surface area contributed by atoms with Gasteiger partial charge in [0.2, 0.25) is 5.91 Å². The molecule has 0 fully saturated rings. The minimum atomic E-state index is -4.54. The van der Waals surface area contributed by atoms with Crippen LogP contribution in [0.25, 0.3) is 0 Å². The minimum absolute atomic E-state index is 0.0162. The Morgan fingerprint density at radius 2 is 1.88 bits per heavy atom. The second-order valence-corrected chi connectivity index (χ2v) is 7.28. The van der Waals surface area contributed by atoms with E-state index in [1.165, 1.54) is 0 Å². The lowest BCUT2D eigenvalue weighted by Gasteiger charge is -2.23. The Morgan fingerprint density at radius 3 is 2.40 bits per heavy atom. The molecule has 0 bridgehead atoms. The van der Waals surface area contributed by atoms with Crippen molar-refractivity contribution >= 4 is 27.9 Å². The molecule has 2 N–H and O–H groups in total. The molecule has 25 heavy (non-hydrogen) atoms. The van der Waals surface area contributed by atoms with Crippen molar-refractivity contribution in [1.29, 1.82) is 0 Å². The van der Waals surface area contributed by atoms with Crippen molar-refractivity contribution in [2.24, 2.45) is 0 Å². The summed E-state index contributed by atoms with van der Waals surface area (Å²) in [4.78, 5) is 24.0. The number of carbonyl (C=O) groups excluding carboxylic acids is 2. The maximum absolute atomic E-state index is 12.3. The molecule has 0 aliphatic rings. The molecule has 0 aliphatic carbocycles. The monoisotopic (exact) mass is 424 g/mol. The highest BCUT2D eigenvalue weighted by Gasteiger charge is 2.31. The number of benzene rings is 1. The summed E-state index contributed by atoms with van der Waals surface area (Å²) in [5.41, 5.74) is -0.134. The largest absolute Gasteiger partial charge is 0.444 e. The molecule has 140 valence electrons. The minimum Gasteiger partial charge on any atom is -0.444 e. The van der Waals surface area contributed by atoms with Crippen LogP contribution in [0.15, 0.2) is 28.7 Å². The number of ether oxygens (including phenoxy) is 1. The third-order valence-electron chi connectivity index (χ3n) is 2.80. The van der Waals surface area contributed by atoms with Crippen LogP contribution < -0.4 is 10.6 Å². The average Bonchev–Trinajstić information content (AvgIpc) is 2.41. The van der Waals surface area contributed by atoms with Gasteiger partial charge in [0, 0.05) is 10.9 Å². The topological polar surface area (TPSA) is 67.4 Å². The molecule has 0 saturated carbocycles. The standard InChI is InChI=1S/C16H20BrF3N2O3/c1-15(2,3)25-14(24)22-12(13(23)21-9-16(18,19)20)8-10-5-4-6-11(17)7-10/h4-7,12H,8-9H2,1-3H3,(H,21,23)(H,22,24)/t12-/m0/s1. The average molecular weight is 425 g/mol. The van der Waals surface area contributed by atoms with E-state index in [9.17, 15) is 22.8 Å². The van der Waals surface area contributed by atoms with Gasteiger partial charge in [-0.1, -0.05) is 28.1 Å². The fourth-order valence-electron chi connectivity index (χ4n) is 1.87. The SMILES string of the molecule is CC(C)(C)OC(=O)N[C@@H](Cc1cccc(Br)c1)C(=O)NCC(F)(F)F. The third kappa shape index (κ3) is 9.33. The van der Waals surface area contributed by atoms with Gasteiger partial charge in [0.25, 0.3) is 0 Å². The normalized spacial score (nSPS) is 13.1. The maximum Gasteiger partial charge on any atom is 0.408 e. The first-order valence-electron chi connectivity index (χ1n) is 7.44. The highest BCUT2D eigenvalue weighted by molar-refractivity contribution is 9.10. The second kappa shape index (κ2) is 8.55. The van der Waals surface area contributed by atoms with Crippen LogP contribution in [0.2, 0.25) is 0 Å². The van der Waals surface area contributed by atoms with Crippen molar-refractivity contribution in [3.8, 4) is 0 Å². The third-order valence-corrected chi connectivity index (χ3v) is 3.29. The molecule has 2 amide bonds. The van der Waals surface area contributed by atoms with Gasteiger partial charge >= 0.3 is 12.3 Å². The molecular weight excluding hydrogens is 405 g/mol. The quantitative estimate of drug-likeness (QED) is 0.758. The number of amides is 2. The molecule has 0 spiro atoms. The smallest absolute Gasteiger partial charge is 0.408 e. The summed E-state index contributed by atoms with van der Waals surface area (Å²) in [6.07, 6.45) is -5.40. The Morgan fingerprint density at radius 1 is 1.24 bits per heavy atom. The molecular formula is C16H20BrF3N2O3. The first kappa shape index (κ1) is 21.3. The van der Waals surface area contributed by atoms with E-state index < -0.39 is 36.4 Å². The van der Waals surface area contributed by atoms with Gasteiger partial charge in [-0.25, -0.2) is 4.79 Å². The Kier molecular flexibility index (Phi) is 7.28. The molecule has 1 aromatic rings. The van der Waals surface area contributed by atoms with Crippen LogP contribution in [0.4, 0.5) is 18.0 Å². The zero-order chi connectivity index (χ0) is 19.3. The summed E-state index contributed by atoms with van der Waals surface area (Å²) in [5.74, 6) is -0.942. The number of alkyl halides is 3. The predicted octanol–water partition coefficient (Wildman–Crippen LogP) is 3.56. The van der Waals surface area contributed by atoms with E-state index in [1.54, 1.807) is 50.4 Å². The van der Waals surface area contributed by atoms with Crippen LogP contribution >= 0.6 is 15.9 Å². The molecule has 0 radical (unpaired) electrons. The fourth-order valence-corrected chi connectivity index (χ4v) is 2.32. The molecule has 1 atom stereocenters. The van der Waals surface area contributed by atoms with Crippen LogP contribution in [0, 0.1) is 0 Å². The lowest BCUT2D eigenvalue weighted by atomic mass is 10.1. The van der Waals surface area contributed by atoms with E-state index in [1.807, 2.05) is 0 Å². The number of hydrogen-bond donors (Lipinski definition) is 2. The van der Waals surface area contributed by atoms with Crippen LogP contribution in [-0.2, 0) is 16.0 Å². The molecule has 0 unspecified atom stereocenters. The van der Waals surface area contributed by atoms with E-state index >= 15 is 0 Å². The highest BCUT2D eigenvalue weighted by atomic mass is 79.9. The molecule has 0 aliphatic heterocycles. The molecule has 1 rings (SSSR count). The van der Waals surface area contributed by atoms with Crippen molar-refractivity contribution in [2.45, 2.75) is 45.0 Å². The van der Waals surface area contributed by atoms with E-state index in [-0.39, 0.29) is 6.42 Å². The number of rotatable bonds is 5. The fraction of sp³-hybridized carbons (Fsp3) is 0.500. The second-order valence-electron chi connectivity index (χ2n) is 6.37. The van der Waals surface area contributed by atoms with Gasteiger partial charge in [-0.3, -0.25) is 4.79 Å². The number of nitrogens with one attached hydrogen (secondary N) is 2. The van der Waals surface area contributed by atoms with Gasteiger partial charge in [-0.2, -0.15) is 13.2 Å². The Hall–Kier alpha value is -1.77. The van der Waals surface area contributed by atoms with Gasteiger partial charge < -0.3 is 15.4 Å². The summed E-state index contributed by atoms with van der Waals surface area (Å²) in [6.45, 7) is 3.44. The Balaban J connectivity index is 2.85. The molecule has 0 aromatic heterocycles. The van der Waals surface area contributed by atoms with Crippen molar-refractivity contribution in [1.82, 2.24) is 10.6 Å². The van der Waals surface area contributed by atoms with Crippen molar-refractivity contribution in [3.05, 3.63) is 34.3 Å². The lowest BCUT2D eigenvalue weighted by molar-refractivity contribution is -0.139. The Bertz CT molecular complexity index is 615. The van der Waals surface area contributed by atoms with Gasteiger partial charge in [0.05, 0.1) is 0 Å². The van der Waals surface area contributed by atoms with Crippen LogP contribution in [0.5, 0.6) is 0 Å². The van der Waals surface area contributed by atoms with Gasteiger partial charge in [0.15, 0.2) is 0 Å². The van der Waals surface area contributed by atoms with Crippen molar-refractivity contribution in [3.63, 3.8) is 0 Å². The number of alkyl carbamates (subject to hydrolysis) is 1. The number of hydrogen-bond acceptors (Lipinski definition) is 3. The summed E-state index contributed by atoms with van der Waals surface area (Å²) in [7, 11) is 0. The van der Waals surface area contributed by atoms with Crippen molar-refractivity contribution in [2.75, 3.05) is 6.54 Å². The van der Waals surface area contributed by atoms with Gasteiger partial charge in [-0.15, -0.1) is 0 Å². The lowest BCUT2D eigenvalue weighted by Crippen LogP contribution is -2.50. The van der Waals surface area contributed by atoms with Crippen LogP contribution in [0.1, 0.15) is 26.3 Å². The van der Waals surface area contributed by atoms with Crippen LogP contribution in [0.3, 0.4) is 0 Å². The summed E-state index contributed by atoms with van der Waals surface area (Å²) in [5, 5.41) is 4.10. The molecule has 0 saturated heterocycles. The Labute approximate surface area is 152 Å². The van der Waals surface area contributed by atoms with Gasteiger partial charge in [0.1, 0.15) is 18.2 Å². The van der Waals surface area contributed by atoms with Crippen molar-refractivity contribution < 1.29 is 27.5 Å². The molecule has 5 nitrogen and oxygen atoms in total. The summed E-state index contributed by atoms with van der Waals surface area (Å²) >= 11 is 3.28. The zero-order valence-electron chi connectivity index (χ0n) is 14.0. The first-order chi connectivity index (χ1) is 11.4. The van der Waals surface area contributed by atoms with Crippen LogP contribution in [-0.4, -0.2) is 36.4 Å². The van der Waals surface area contributed by atoms with E-state index in [0.717, 1.165) is 4.47 Å². The summed E-state index contributed by atoms with van der Waals surface area (Å²) in [6, 6.07) is 5.69. The molecule has 9 heteroatoms. The number of halogens is 4. The summed E-state index contributed by atoms with van der Waals surface area (Å²) < 4.78 is 42.7. The molecule has 0 heterocycles. The molecule has 1 aromatic carbocycles. The first-order valence-corrected chi connectivity index (χ1v) is 8.23. The number of carbonyl (C=O) groups is 2. The van der Waals surface area contributed by atoms with Gasteiger partial charge in [-0.05, 0) is 38.5 Å². The highest BCUT2D eigenvalue weighted by Crippen LogP contribution is 2.15. The van der Waals surface area contributed by atoms with E-state index in [0.29, 0.717) is 5.56 Å².